The quantitative estimate of drug-likeness (QED) is 0.575. The number of fused-ring (bicyclic) bond motifs is 3. The van der Waals surface area contributed by atoms with Gasteiger partial charge in [0.25, 0.3) is 0 Å². The lowest BCUT2D eigenvalue weighted by Crippen LogP contribution is -2.07. The molecule has 7 nitrogen and oxygen atoms in total. The van der Waals surface area contributed by atoms with Crippen molar-refractivity contribution < 1.29 is 9.53 Å². The van der Waals surface area contributed by atoms with Gasteiger partial charge in [-0.05, 0) is 30.3 Å². The number of hydrogen-bond acceptors (Lipinski definition) is 5. The first kappa shape index (κ1) is 15.8. The number of rotatable bonds is 4. The first-order valence-corrected chi connectivity index (χ1v) is 7.97. The van der Waals surface area contributed by atoms with Crippen molar-refractivity contribution in [3.8, 4) is 5.75 Å². The van der Waals surface area contributed by atoms with E-state index in [1.165, 1.54) is 6.08 Å². The van der Waals surface area contributed by atoms with Crippen molar-refractivity contribution in [3.05, 3.63) is 66.6 Å². The van der Waals surface area contributed by atoms with Crippen LogP contribution < -0.4 is 10.1 Å². The second-order valence-electron chi connectivity index (χ2n) is 5.58. The fourth-order valence-corrected chi connectivity index (χ4v) is 2.62. The molecule has 26 heavy (non-hydrogen) atoms. The molecule has 0 bridgehead atoms. The summed E-state index contributed by atoms with van der Waals surface area (Å²) < 4.78 is 6.70. The molecule has 1 N–H and O–H groups in total. The number of hydrogen-bond donors (Lipinski definition) is 1. The zero-order chi connectivity index (χ0) is 17.9. The predicted octanol–water partition coefficient (Wildman–Crippen LogP) is 2.94. The lowest BCUT2D eigenvalue weighted by Gasteiger charge is -2.03. The Kier molecular flexibility index (Phi) is 4.03. The molecule has 1 amide bonds. The number of amides is 1. The van der Waals surface area contributed by atoms with Gasteiger partial charge < -0.3 is 10.1 Å². The van der Waals surface area contributed by atoms with E-state index in [1.807, 2.05) is 24.3 Å². The predicted molar refractivity (Wildman–Crippen MR) is 98.9 cm³/mol. The fraction of sp³-hybridized carbons (Fsp3) is 0.0526. The number of nitrogens with one attached hydrogen (secondary N) is 1. The molecule has 0 aliphatic heterocycles. The SMILES string of the molecule is COc1ccc(NC(=O)C=Cc2nnc3c4ccccc4cnn23)cc1. The third-order valence-electron chi connectivity index (χ3n) is 3.92. The standard InChI is InChI=1S/C19H15N5O2/c1-26-15-8-6-14(7-9-15)21-18(25)11-10-17-22-23-19-16-5-3-2-4-13(16)12-20-24(17)19/h2-12H,1H3,(H,21,25). The molecule has 0 fully saturated rings. The van der Waals surface area contributed by atoms with E-state index >= 15 is 0 Å². The number of methoxy groups -OCH3 is 1. The number of benzene rings is 2. The lowest BCUT2D eigenvalue weighted by molar-refractivity contribution is -0.111. The minimum atomic E-state index is -0.271. The molecule has 4 aromatic rings. The summed E-state index contributed by atoms with van der Waals surface area (Å²) in [5.74, 6) is 0.940. The third-order valence-corrected chi connectivity index (χ3v) is 3.92. The van der Waals surface area contributed by atoms with Crippen LogP contribution in [-0.4, -0.2) is 32.8 Å². The van der Waals surface area contributed by atoms with Crippen LogP contribution >= 0.6 is 0 Å². The maximum absolute atomic E-state index is 12.1. The van der Waals surface area contributed by atoms with Crippen molar-refractivity contribution >= 4 is 34.1 Å². The average molecular weight is 345 g/mol. The van der Waals surface area contributed by atoms with Crippen LogP contribution in [0.5, 0.6) is 5.75 Å². The molecule has 2 aromatic heterocycles. The van der Waals surface area contributed by atoms with Crippen LogP contribution in [0.4, 0.5) is 5.69 Å². The summed E-state index contributed by atoms with van der Waals surface area (Å²) >= 11 is 0. The fourth-order valence-electron chi connectivity index (χ4n) is 2.62. The van der Waals surface area contributed by atoms with Gasteiger partial charge >= 0.3 is 0 Å². The minimum absolute atomic E-state index is 0.271. The molecule has 0 aliphatic rings. The Morgan fingerprint density at radius 2 is 1.92 bits per heavy atom. The van der Waals surface area contributed by atoms with E-state index < -0.39 is 0 Å². The molecule has 0 saturated carbocycles. The van der Waals surface area contributed by atoms with E-state index in [0.717, 1.165) is 16.5 Å². The van der Waals surface area contributed by atoms with Crippen molar-refractivity contribution in [2.24, 2.45) is 0 Å². The molecule has 2 aromatic carbocycles. The van der Waals surface area contributed by atoms with Crippen LogP contribution in [0, 0.1) is 0 Å². The summed E-state index contributed by atoms with van der Waals surface area (Å²) in [7, 11) is 1.59. The summed E-state index contributed by atoms with van der Waals surface area (Å²) in [5.41, 5.74) is 1.33. The number of anilines is 1. The van der Waals surface area contributed by atoms with Crippen LogP contribution in [0.15, 0.2) is 60.8 Å². The molecule has 2 heterocycles. The highest BCUT2D eigenvalue weighted by molar-refractivity contribution is 6.02. The second kappa shape index (κ2) is 6.64. The molecule has 128 valence electrons. The van der Waals surface area contributed by atoms with E-state index in [1.54, 1.807) is 48.2 Å². The van der Waals surface area contributed by atoms with Gasteiger partial charge in [-0.15, -0.1) is 10.2 Å². The van der Waals surface area contributed by atoms with Crippen LogP contribution in [0.3, 0.4) is 0 Å². The first-order valence-electron chi connectivity index (χ1n) is 7.97. The Hall–Kier alpha value is -3.74. The minimum Gasteiger partial charge on any atom is -0.497 e. The molecule has 0 unspecified atom stereocenters. The van der Waals surface area contributed by atoms with Crippen LogP contribution in [0.2, 0.25) is 0 Å². The summed E-state index contributed by atoms with van der Waals surface area (Å²) in [4.78, 5) is 12.1. The van der Waals surface area contributed by atoms with Gasteiger partial charge in [0.15, 0.2) is 11.5 Å². The van der Waals surface area contributed by atoms with Gasteiger partial charge in [-0.2, -0.15) is 9.61 Å². The molecule has 0 atom stereocenters. The lowest BCUT2D eigenvalue weighted by atomic mass is 10.2. The highest BCUT2D eigenvalue weighted by Crippen LogP contribution is 2.18. The monoisotopic (exact) mass is 345 g/mol. The Morgan fingerprint density at radius 1 is 1.12 bits per heavy atom. The van der Waals surface area contributed by atoms with Gasteiger partial charge in [-0.3, -0.25) is 4.79 Å². The molecular formula is C19H15N5O2. The number of nitrogens with zero attached hydrogens (tertiary/aromatic N) is 4. The molecule has 0 radical (unpaired) electrons. The van der Waals surface area contributed by atoms with E-state index in [0.29, 0.717) is 17.2 Å². The molecule has 0 aliphatic carbocycles. The van der Waals surface area contributed by atoms with Gasteiger partial charge in [-0.1, -0.05) is 24.3 Å². The van der Waals surface area contributed by atoms with Crippen LogP contribution in [-0.2, 0) is 4.79 Å². The maximum atomic E-state index is 12.1. The Bertz CT molecular complexity index is 1120. The Balaban J connectivity index is 1.56. The summed E-state index contributed by atoms with van der Waals surface area (Å²) in [6.07, 6.45) is 4.73. The van der Waals surface area contributed by atoms with Crippen molar-refractivity contribution in [3.63, 3.8) is 0 Å². The smallest absolute Gasteiger partial charge is 0.248 e. The van der Waals surface area contributed by atoms with E-state index in [9.17, 15) is 4.79 Å². The van der Waals surface area contributed by atoms with Gasteiger partial charge in [0.05, 0.1) is 13.3 Å². The number of carbonyl (C=O) groups is 1. The number of carbonyl (C=O) groups excluding carboxylic acids is 1. The zero-order valence-electron chi connectivity index (χ0n) is 14.0. The topological polar surface area (TPSA) is 81.4 Å². The van der Waals surface area contributed by atoms with Crippen LogP contribution in [0.25, 0.3) is 22.5 Å². The summed E-state index contributed by atoms with van der Waals surface area (Å²) in [6, 6.07) is 14.9. The molecular weight excluding hydrogens is 330 g/mol. The molecule has 0 spiro atoms. The number of ether oxygens (including phenoxy) is 1. The highest BCUT2D eigenvalue weighted by Gasteiger charge is 2.08. The van der Waals surface area contributed by atoms with Crippen molar-refractivity contribution in [1.82, 2.24) is 19.8 Å². The third kappa shape index (κ3) is 2.98. The Labute approximate surface area is 148 Å². The highest BCUT2D eigenvalue weighted by atomic mass is 16.5. The van der Waals surface area contributed by atoms with E-state index in [4.69, 9.17) is 4.74 Å². The van der Waals surface area contributed by atoms with Gasteiger partial charge in [-0.25, -0.2) is 0 Å². The zero-order valence-corrected chi connectivity index (χ0v) is 14.0. The number of aromatic nitrogens is 4. The van der Waals surface area contributed by atoms with E-state index in [-0.39, 0.29) is 5.91 Å². The molecule has 4 rings (SSSR count). The Morgan fingerprint density at radius 3 is 2.73 bits per heavy atom. The van der Waals surface area contributed by atoms with Gasteiger partial charge in [0, 0.05) is 22.5 Å². The summed E-state index contributed by atoms with van der Waals surface area (Å²) in [5, 5.41) is 17.4. The summed E-state index contributed by atoms with van der Waals surface area (Å²) in [6.45, 7) is 0. The first-order chi connectivity index (χ1) is 12.7. The van der Waals surface area contributed by atoms with Gasteiger partial charge in [0.1, 0.15) is 5.75 Å². The molecule has 0 saturated heterocycles. The second-order valence-corrected chi connectivity index (χ2v) is 5.58. The van der Waals surface area contributed by atoms with Crippen molar-refractivity contribution in [2.75, 3.05) is 12.4 Å². The van der Waals surface area contributed by atoms with Crippen LogP contribution in [0.1, 0.15) is 5.82 Å². The largest absolute Gasteiger partial charge is 0.497 e. The van der Waals surface area contributed by atoms with E-state index in [2.05, 4.69) is 20.6 Å². The van der Waals surface area contributed by atoms with Crippen molar-refractivity contribution in [1.29, 1.82) is 0 Å². The maximum Gasteiger partial charge on any atom is 0.248 e. The van der Waals surface area contributed by atoms with Crippen molar-refractivity contribution in [2.45, 2.75) is 0 Å². The average Bonchev–Trinajstić information content (AvgIpc) is 3.10. The van der Waals surface area contributed by atoms with Gasteiger partial charge in [0.2, 0.25) is 5.91 Å². The normalized spacial score (nSPS) is 11.3. The molecule has 7 heteroatoms.